The Bertz CT molecular complexity index is 439. The number of nitrogens with one attached hydrogen (secondary N) is 1. The van der Waals surface area contributed by atoms with E-state index in [4.69, 9.17) is 4.74 Å². The van der Waals surface area contributed by atoms with Crippen LogP contribution < -0.4 is 5.32 Å². The monoisotopic (exact) mass is 348 g/mol. The highest BCUT2D eigenvalue weighted by Gasteiger charge is 2.28. The second kappa shape index (κ2) is 10.4. The Morgan fingerprint density at radius 1 is 1.12 bits per heavy atom. The number of rotatable bonds is 7. The van der Waals surface area contributed by atoms with Crippen LogP contribution in [0.25, 0.3) is 0 Å². The topological polar surface area (TPSA) is 24.5 Å². The standard InChI is InChI=1S/C22H40N2O/c1-6-18(17(3)4)16-19(7-2)23-20-12-14-24(15-13-20)21-8-10-22(25-5)11-9-21/h7,16-17,20-23H,6,8-15H2,1-5H3/b18-16+,19-7+. The molecule has 25 heavy (non-hydrogen) atoms. The van der Waals surface area contributed by atoms with Gasteiger partial charge in [0.15, 0.2) is 0 Å². The molecule has 1 aliphatic heterocycles. The second-order valence-corrected chi connectivity index (χ2v) is 8.09. The molecule has 3 heteroatoms. The first kappa shape index (κ1) is 20.5. The van der Waals surface area contributed by atoms with Crippen LogP contribution in [0.4, 0.5) is 0 Å². The summed E-state index contributed by atoms with van der Waals surface area (Å²) in [6.07, 6.45) is 13.9. The van der Waals surface area contributed by atoms with Gasteiger partial charge in [0.25, 0.3) is 0 Å². The Morgan fingerprint density at radius 2 is 1.76 bits per heavy atom. The molecule has 0 bridgehead atoms. The average molecular weight is 349 g/mol. The number of ether oxygens (including phenoxy) is 1. The van der Waals surface area contributed by atoms with Gasteiger partial charge in [0.2, 0.25) is 0 Å². The zero-order valence-corrected chi connectivity index (χ0v) is 17.2. The van der Waals surface area contributed by atoms with Gasteiger partial charge in [-0.2, -0.15) is 0 Å². The van der Waals surface area contributed by atoms with E-state index in [0.29, 0.717) is 18.1 Å². The van der Waals surface area contributed by atoms with Crippen molar-refractivity contribution in [3.63, 3.8) is 0 Å². The Kier molecular flexibility index (Phi) is 8.51. The highest BCUT2D eigenvalue weighted by atomic mass is 16.5. The fraction of sp³-hybridized carbons (Fsp3) is 0.818. The van der Waals surface area contributed by atoms with Crippen molar-refractivity contribution in [1.29, 1.82) is 0 Å². The minimum atomic E-state index is 0.508. The van der Waals surface area contributed by atoms with Crippen LogP contribution in [0.3, 0.4) is 0 Å². The molecule has 1 heterocycles. The van der Waals surface area contributed by atoms with Crippen LogP contribution in [0.2, 0.25) is 0 Å². The molecule has 0 spiro atoms. The van der Waals surface area contributed by atoms with Crippen molar-refractivity contribution in [1.82, 2.24) is 10.2 Å². The minimum Gasteiger partial charge on any atom is -0.382 e. The summed E-state index contributed by atoms with van der Waals surface area (Å²) in [6.45, 7) is 11.5. The molecule has 0 aromatic rings. The molecule has 2 rings (SSSR count). The van der Waals surface area contributed by atoms with Gasteiger partial charge in [-0.05, 0) is 63.9 Å². The van der Waals surface area contributed by atoms with Crippen molar-refractivity contribution < 1.29 is 4.74 Å². The van der Waals surface area contributed by atoms with E-state index in [2.05, 4.69) is 50.1 Å². The highest BCUT2D eigenvalue weighted by Crippen LogP contribution is 2.27. The number of methoxy groups -OCH3 is 1. The molecule has 144 valence electrons. The third-order valence-electron chi connectivity index (χ3n) is 6.20. The molecule has 0 atom stereocenters. The fourth-order valence-electron chi connectivity index (χ4n) is 4.38. The minimum absolute atomic E-state index is 0.508. The lowest BCUT2D eigenvalue weighted by Crippen LogP contribution is -2.47. The first-order valence-corrected chi connectivity index (χ1v) is 10.5. The summed E-state index contributed by atoms with van der Waals surface area (Å²) in [7, 11) is 1.86. The largest absolute Gasteiger partial charge is 0.382 e. The van der Waals surface area contributed by atoms with Crippen LogP contribution >= 0.6 is 0 Å². The number of piperidine rings is 1. The third kappa shape index (κ3) is 6.14. The average Bonchev–Trinajstić information content (AvgIpc) is 2.65. The van der Waals surface area contributed by atoms with Crippen molar-refractivity contribution in [2.45, 2.75) is 90.8 Å². The third-order valence-corrected chi connectivity index (χ3v) is 6.20. The van der Waals surface area contributed by atoms with Gasteiger partial charge in [-0.3, -0.25) is 0 Å². The van der Waals surface area contributed by atoms with E-state index >= 15 is 0 Å². The predicted molar refractivity (Wildman–Crippen MR) is 108 cm³/mol. The Hall–Kier alpha value is -0.800. The molecular weight excluding hydrogens is 308 g/mol. The molecule has 1 aliphatic carbocycles. The first-order chi connectivity index (χ1) is 12.1. The maximum atomic E-state index is 5.52. The quantitative estimate of drug-likeness (QED) is 0.663. The van der Waals surface area contributed by atoms with E-state index in [1.807, 2.05) is 7.11 Å². The summed E-state index contributed by atoms with van der Waals surface area (Å²) >= 11 is 0. The summed E-state index contributed by atoms with van der Waals surface area (Å²) in [6, 6.07) is 1.42. The van der Waals surface area contributed by atoms with E-state index < -0.39 is 0 Å². The van der Waals surface area contributed by atoms with E-state index in [9.17, 15) is 0 Å². The Balaban J connectivity index is 1.80. The number of hydrogen-bond acceptors (Lipinski definition) is 3. The van der Waals surface area contributed by atoms with E-state index in [1.165, 1.54) is 62.9 Å². The summed E-state index contributed by atoms with van der Waals surface area (Å²) in [5.74, 6) is 0.630. The van der Waals surface area contributed by atoms with Crippen molar-refractivity contribution >= 4 is 0 Å². The fourth-order valence-corrected chi connectivity index (χ4v) is 4.38. The molecule has 0 aromatic carbocycles. The first-order valence-electron chi connectivity index (χ1n) is 10.5. The van der Waals surface area contributed by atoms with E-state index in [1.54, 1.807) is 0 Å². The second-order valence-electron chi connectivity index (χ2n) is 8.09. The molecular formula is C22H40N2O. The lowest BCUT2D eigenvalue weighted by Gasteiger charge is -2.41. The van der Waals surface area contributed by atoms with Gasteiger partial charge in [0, 0.05) is 38.0 Å². The molecule has 0 amide bonds. The van der Waals surface area contributed by atoms with Gasteiger partial charge in [-0.15, -0.1) is 0 Å². The summed E-state index contributed by atoms with van der Waals surface area (Å²) in [5.41, 5.74) is 2.84. The van der Waals surface area contributed by atoms with Crippen molar-refractivity contribution in [2.75, 3.05) is 20.2 Å². The van der Waals surface area contributed by atoms with Gasteiger partial charge in [0.1, 0.15) is 0 Å². The van der Waals surface area contributed by atoms with Gasteiger partial charge in [-0.25, -0.2) is 0 Å². The normalized spacial score (nSPS) is 27.8. The van der Waals surface area contributed by atoms with Crippen molar-refractivity contribution in [3.8, 4) is 0 Å². The SMILES string of the molecule is C/C=C(\C=C(/CC)C(C)C)NC1CCN(C2CCC(OC)CC2)CC1. The maximum absolute atomic E-state index is 5.52. The zero-order chi connectivity index (χ0) is 18.2. The van der Waals surface area contributed by atoms with Gasteiger partial charge >= 0.3 is 0 Å². The molecule has 3 nitrogen and oxygen atoms in total. The molecule has 2 fully saturated rings. The lowest BCUT2D eigenvalue weighted by atomic mass is 9.90. The zero-order valence-electron chi connectivity index (χ0n) is 17.2. The molecule has 1 saturated carbocycles. The Morgan fingerprint density at radius 3 is 2.24 bits per heavy atom. The van der Waals surface area contributed by atoms with Crippen LogP contribution in [-0.2, 0) is 4.74 Å². The van der Waals surface area contributed by atoms with Crippen molar-refractivity contribution in [3.05, 3.63) is 23.4 Å². The van der Waals surface area contributed by atoms with Crippen LogP contribution in [0, 0.1) is 5.92 Å². The van der Waals surface area contributed by atoms with Gasteiger partial charge in [-0.1, -0.05) is 32.4 Å². The highest BCUT2D eigenvalue weighted by molar-refractivity contribution is 5.23. The summed E-state index contributed by atoms with van der Waals surface area (Å²) in [4.78, 5) is 2.74. The number of hydrogen-bond donors (Lipinski definition) is 1. The molecule has 1 saturated heterocycles. The van der Waals surface area contributed by atoms with Crippen molar-refractivity contribution in [2.24, 2.45) is 5.92 Å². The molecule has 2 aliphatic rings. The molecule has 0 unspecified atom stereocenters. The summed E-state index contributed by atoms with van der Waals surface area (Å²) in [5, 5.41) is 3.80. The maximum Gasteiger partial charge on any atom is 0.0572 e. The lowest BCUT2D eigenvalue weighted by molar-refractivity contribution is 0.0314. The predicted octanol–water partition coefficient (Wildman–Crippen LogP) is 4.89. The summed E-state index contributed by atoms with van der Waals surface area (Å²) < 4.78 is 5.52. The smallest absolute Gasteiger partial charge is 0.0572 e. The van der Waals surface area contributed by atoms with Crippen LogP contribution in [0.1, 0.15) is 72.6 Å². The van der Waals surface area contributed by atoms with E-state index in [-0.39, 0.29) is 0 Å². The number of likely N-dealkylation sites (tertiary alicyclic amines) is 1. The Labute approximate surface area is 155 Å². The molecule has 0 aromatic heterocycles. The van der Waals surface area contributed by atoms with Gasteiger partial charge < -0.3 is 15.0 Å². The van der Waals surface area contributed by atoms with Gasteiger partial charge in [0.05, 0.1) is 6.10 Å². The van der Waals surface area contributed by atoms with Crippen LogP contribution in [0.5, 0.6) is 0 Å². The van der Waals surface area contributed by atoms with Crippen LogP contribution in [0.15, 0.2) is 23.4 Å². The van der Waals surface area contributed by atoms with Crippen LogP contribution in [-0.4, -0.2) is 43.3 Å². The number of allylic oxidation sites excluding steroid dienone is 3. The molecule has 0 radical (unpaired) electrons. The van der Waals surface area contributed by atoms with E-state index in [0.717, 1.165) is 12.5 Å². The number of nitrogens with zero attached hydrogens (tertiary/aromatic N) is 1. The molecule has 1 N–H and O–H groups in total.